The number of likely N-dealkylation sites (N-methyl/N-ethyl adjacent to an activating group) is 1. The maximum atomic E-state index is 13.2. The number of aromatic amines is 1. The molecule has 1 aromatic heterocycles. The summed E-state index contributed by atoms with van der Waals surface area (Å²) in [7, 11) is 1.69. The topological polar surface area (TPSA) is 186 Å². The van der Waals surface area contributed by atoms with Crippen LogP contribution in [-0.4, -0.2) is 101 Å². The van der Waals surface area contributed by atoms with Crippen molar-refractivity contribution in [3.63, 3.8) is 0 Å². The van der Waals surface area contributed by atoms with Gasteiger partial charge in [-0.05, 0) is 73.6 Å². The number of likely N-dealkylation sites (tertiary alicyclic amines) is 1. The highest BCUT2D eigenvalue weighted by Gasteiger charge is 2.49. The number of fused-ring (bicyclic) bond motifs is 5. The highest BCUT2D eigenvalue weighted by atomic mass is 19.4. The first kappa shape index (κ1) is 42.9. The summed E-state index contributed by atoms with van der Waals surface area (Å²) in [5.74, 6) is -0.568. The molecule has 1 aliphatic carbocycles. The van der Waals surface area contributed by atoms with E-state index in [1.807, 2.05) is 36.4 Å². The molecule has 0 spiro atoms. The lowest BCUT2D eigenvalue weighted by molar-refractivity contribution is -0.274. The zero-order chi connectivity index (χ0) is 44.6. The third-order valence-electron chi connectivity index (χ3n) is 12.4. The van der Waals surface area contributed by atoms with Crippen LogP contribution in [0, 0.1) is 17.2 Å². The van der Waals surface area contributed by atoms with Gasteiger partial charge in [0, 0.05) is 61.7 Å². The van der Waals surface area contributed by atoms with Gasteiger partial charge in [-0.15, -0.1) is 13.2 Å². The van der Waals surface area contributed by atoms with Crippen molar-refractivity contribution < 1.29 is 51.4 Å². The van der Waals surface area contributed by atoms with Crippen LogP contribution in [0.4, 0.5) is 13.2 Å². The van der Waals surface area contributed by atoms with Crippen molar-refractivity contribution in [2.75, 3.05) is 33.5 Å². The number of alkyl halides is 3. The number of aromatic nitrogens is 1. The minimum atomic E-state index is -4.94. The summed E-state index contributed by atoms with van der Waals surface area (Å²) in [6, 6.07) is 18.3. The van der Waals surface area contributed by atoms with E-state index < -0.39 is 29.6 Å². The van der Waals surface area contributed by atoms with E-state index in [9.17, 15) is 37.1 Å². The highest BCUT2D eigenvalue weighted by Crippen LogP contribution is 2.45. The average Bonchev–Trinajstić information content (AvgIpc) is 3.89. The summed E-state index contributed by atoms with van der Waals surface area (Å²) in [6.45, 7) is 2.42. The first-order valence-electron chi connectivity index (χ1n) is 20.9. The highest BCUT2D eigenvalue weighted by molar-refractivity contribution is 5.97. The molecule has 4 aromatic rings. The van der Waals surface area contributed by atoms with E-state index in [-0.39, 0.29) is 79.6 Å². The minimum absolute atomic E-state index is 0.00384. The summed E-state index contributed by atoms with van der Waals surface area (Å²) >= 11 is 0. The Morgan fingerprint density at radius 2 is 1.81 bits per heavy atom. The van der Waals surface area contributed by atoms with Crippen molar-refractivity contribution in [3.8, 4) is 23.3 Å². The molecule has 5 aliphatic rings. The van der Waals surface area contributed by atoms with Crippen molar-refractivity contribution in [2.45, 2.75) is 82.4 Å². The van der Waals surface area contributed by atoms with Crippen molar-refractivity contribution in [2.24, 2.45) is 5.92 Å². The number of halogens is 3. The van der Waals surface area contributed by atoms with Crippen LogP contribution in [0.3, 0.4) is 0 Å². The molecule has 9 rings (SSSR count). The van der Waals surface area contributed by atoms with Crippen LogP contribution in [0.15, 0.2) is 60.7 Å². The maximum Gasteiger partial charge on any atom is 0.573 e. The SMILES string of the molecule is CCC(=O)NC1(C(=O)N2CCC[C@@H](C(=O)NCc3ccc(C#N)cc3OC(F)(F)F)C2)CCC1.CN1CC(=O)N2[C@H](c3ccc4c(c3)OCO4)c3[nH]c4ccccc4c3C[C@@H]2C1=O. The summed E-state index contributed by atoms with van der Waals surface area (Å²) in [5, 5.41) is 15.5. The summed E-state index contributed by atoms with van der Waals surface area (Å²) < 4.78 is 53.2. The number of carbonyl (C=O) groups is 5. The lowest BCUT2D eigenvalue weighted by atomic mass is 9.75. The number of H-pyrrole nitrogens is 1. The van der Waals surface area contributed by atoms with E-state index in [2.05, 4.69) is 26.4 Å². The molecule has 0 bridgehead atoms. The van der Waals surface area contributed by atoms with E-state index >= 15 is 0 Å². The molecular formula is C45H46F3N7O8. The molecule has 3 atom stereocenters. The molecule has 15 nitrogen and oxygen atoms in total. The van der Waals surface area contributed by atoms with Crippen molar-refractivity contribution in [1.29, 1.82) is 5.26 Å². The summed E-state index contributed by atoms with van der Waals surface area (Å²) in [4.78, 5) is 72.4. The molecule has 1 saturated carbocycles. The number of hydrogen-bond acceptors (Lipinski definition) is 9. The number of ether oxygens (including phenoxy) is 3. The van der Waals surface area contributed by atoms with Crippen LogP contribution >= 0.6 is 0 Å². The fourth-order valence-corrected chi connectivity index (χ4v) is 9.11. The monoisotopic (exact) mass is 869 g/mol. The number of amides is 5. The Kier molecular flexibility index (Phi) is 11.7. The van der Waals surface area contributed by atoms with Crippen molar-refractivity contribution in [1.82, 2.24) is 30.3 Å². The second kappa shape index (κ2) is 17.2. The van der Waals surface area contributed by atoms with Gasteiger partial charge in [-0.2, -0.15) is 5.26 Å². The van der Waals surface area contributed by atoms with Crippen LogP contribution in [-0.2, 0) is 36.9 Å². The number of nitriles is 1. The molecule has 0 radical (unpaired) electrons. The van der Waals surface area contributed by atoms with Crippen LogP contribution < -0.4 is 24.8 Å². The Labute approximate surface area is 360 Å². The number of piperazine rings is 1. The predicted octanol–water partition coefficient (Wildman–Crippen LogP) is 4.97. The zero-order valence-corrected chi connectivity index (χ0v) is 34.7. The van der Waals surface area contributed by atoms with E-state index in [1.165, 1.54) is 17.0 Å². The number of nitrogens with zero attached hydrogens (tertiary/aromatic N) is 4. The summed E-state index contributed by atoms with van der Waals surface area (Å²) in [5.41, 5.74) is 3.14. The Morgan fingerprint density at radius 1 is 1.03 bits per heavy atom. The Balaban J connectivity index is 0.000000174. The quantitative estimate of drug-likeness (QED) is 0.220. The molecule has 3 fully saturated rings. The molecule has 330 valence electrons. The van der Waals surface area contributed by atoms with Crippen LogP contribution in [0.2, 0.25) is 0 Å². The van der Waals surface area contributed by atoms with Gasteiger partial charge in [-0.3, -0.25) is 24.0 Å². The first-order valence-corrected chi connectivity index (χ1v) is 20.9. The van der Waals surface area contributed by atoms with Gasteiger partial charge in [0.25, 0.3) is 0 Å². The second-order valence-corrected chi connectivity index (χ2v) is 16.4. The third-order valence-corrected chi connectivity index (χ3v) is 12.4. The smallest absolute Gasteiger partial charge is 0.454 e. The molecule has 3 N–H and O–H groups in total. The number of benzene rings is 3. The number of piperidine rings is 1. The van der Waals surface area contributed by atoms with E-state index in [1.54, 1.807) is 29.8 Å². The molecule has 63 heavy (non-hydrogen) atoms. The van der Waals surface area contributed by atoms with E-state index in [0.717, 1.165) is 40.2 Å². The van der Waals surface area contributed by atoms with Gasteiger partial charge in [0.15, 0.2) is 11.5 Å². The van der Waals surface area contributed by atoms with E-state index in [0.29, 0.717) is 50.1 Å². The Morgan fingerprint density at radius 3 is 2.54 bits per heavy atom. The van der Waals surface area contributed by atoms with Gasteiger partial charge >= 0.3 is 6.36 Å². The van der Waals surface area contributed by atoms with Crippen molar-refractivity contribution in [3.05, 3.63) is 88.6 Å². The lowest BCUT2D eigenvalue weighted by Crippen LogP contribution is -2.64. The van der Waals surface area contributed by atoms with E-state index in [4.69, 9.17) is 14.7 Å². The zero-order valence-electron chi connectivity index (χ0n) is 34.7. The minimum Gasteiger partial charge on any atom is -0.454 e. The molecule has 5 heterocycles. The van der Waals surface area contributed by atoms with Gasteiger partial charge in [-0.1, -0.05) is 37.3 Å². The van der Waals surface area contributed by atoms with Gasteiger partial charge in [0.05, 0.1) is 30.1 Å². The fourth-order valence-electron chi connectivity index (χ4n) is 9.11. The second-order valence-electron chi connectivity index (χ2n) is 16.4. The number of carbonyl (C=O) groups excluding carboxylic acids is 5. The lowest BCUT2D eigenvalue weighted by Gasteiger charge is -2.46. The largest absolute Gasteiger partial charge is 0.573 e. The fraction of sp³-hybridized carbons (Fsp3) is 0.422. The maximum absolute atomic E-state index is 13.2. The summed E-state index contributed by atoms with van der Waals surface area (Å²) in [6.07, 6.45) is -1.08. The molecular weight excluding hydrogens is 824 g/mol. The predicted molar refractivity (Wildman–Crippen MR) is 219 cm³/mol. The standard InChI is InChI=1S/C23H27F3N4O4.C22H19N3O4/c1-2-19(31)29-22(8-4-9-22)21(33)30-10-3-5-17(14-30)20(32)28-13-16-7-6-15(12-27)11-18(16)34-23(24,25)26;1-24-10-19(26)25-16(22(24)27)9-14-13-4-2-3-5-15(13)23-20(14)21(25)12-6-7-17-18(8-12)29-11-28-17/h6-7,11,17H,2-5,8-10,13-14H2,1H3,(H,28,32)(H,29,31);2-8,16,21,23H,9-11H2,1H3/t17-;16-,21-/m11/s1. The Hall–Kier alpha value is -6.77. The number of nitrogens with one attached hydrogen (secondary N) is 3. The number of rotatable bonds is 8. The molecule has 3 aromatic carbocycles. The molecule has 4 aliphatic heterocycles. The van der Waals surface area contributed by atoms with Gasteiger partial charge < -0.3 is 44.5 Å². The molecule has 0 unspecified atom stereocenters. The first-order chi connectivity index (χ1) is 30.2. The normalized spacial score (nSPS) is 21.0. The average molecular weight is 870 g/mol. The third kappa shape index (κ3) is 8.56. The van der Waals surface area contributed by atoms with Gasteiger partial charge in [0.2, 0.25) is 36.3 Å². The molecule has 18 heteroatoms. The molecule has 5 amide bonds. The van der Waals surface area contributed by atoms with Crippen LogP contribution in [0.1, 0.15) is 79.4 Å². The van der Waals surface area contributed by atoms with Crippen LogP contribution in [0.5, 0.6) is 17.2 Å². The van der Waals surface area contributed by atoms with Gasteiger partial charge in [-0.25, -0.2) is 0 Å². The molecule has 2 saturated heterocycles. The van der Waals surface area contributed by atoms with Crippen LogP contribution in [0.25, 0.3) is 10.9 Å². The number of para-hydroxylation sites is 1. The Bertz CT molecular complexity index is 2510. The van der Waals surface area contributed by atoms with Gasteiger partial charge in [0.1, 0.15) is 17.3 Å². The van der Waals surface area contributed by atoms with Crippen molar-refractivity contribution >= 4 is 40.4 Å². The number of hydrogen-bond donors (Lipinski definition) is 3.